The highest BCUT2D eigenvalue weighted by Gasteiger charge is 2.47. The lowest BCUT2D eigenvalue weighted by molar-refractivity contribution is -0.137. The average molecular weight is 431 g/mol. The van der Waals surface area contributed by atoms with Gasteiger partial charge in [0, 0.05) is 12.1 Å². The van der Waals surface area contributed by atoms with E-state index in [1.165, 1.54) is 38.5 Å². The number of amides is 1. The van der Waals surface area contributed by atoms with Crippen molar-refractivity contribution in [1.29, 1.82) is 0 Å². The summed E-state index contributed by atoms with van der Waals surface area (Å²) in [7, 11) is 0. The van der Waals surface area contributed by atoms with Gasteiger partial charge in [-0.05, 0) is 69.0 Å². The fourth-order valence-corrected chi connectivity index (χ4v) is 5.24. The van der Waals surface area contributed by atoms with Crippen molar-refractivity contribution in [2.75, 3.05) is 18.4 Å². The Morgan fingerprint density at radius 1 is 0.903 bits per heavy atom. The number of ether oxygens (including phenoxy) is 1. The SMILES string of the molecule is O=C(O)CCCCCC[C@H]1[C@H](CCCCNCC(=O)Nc2ccccc2)[C@@H]2CC[C@H]1O2. The number of hydrogen-bond acceptors (Lipinski definition) is 4. The smallest absolute Gasteiger partial charge is 0.303 e. The van der Waals surface area contributed by atoms with E-state index in [0.29, 0.717) is 37.0 Å². The van der Waals surface area contributed by atoms with Gasteiger partial charge < -0.3 is 20.5 Å². The Bertz CT molecular complexity index is 681. The number of anilines is 1. The Morgan fingerprint density at radius 3 is 2.23 bits per heavy atom. The minimum Gasteiger partial charge on any atom is -0.481 e. The fourth-order valence-electron chi connectivity index (χ4n) is 5.24. The molecule has 2 saturated heterocycles. The first kappa shape index (κ1) is 23.7. The molecular weight excluding hydrogens is 392 g/mol. The van der Waals surface area contributed by atoms with Gasteiger partial charge in [0.2, 0.25) is 5.91 Å². The van der Waals surface area contributed by atoms with Gasteiger partial charge in [0.15, 0.2) is 0 Å². The van der Waals surface area contributed by atoms with E-state index in [4.69, 9.17) is 9.84 Å². The fraction of sp³-hybridized carbons (Fsp3) is 0.680. The van der Waals surface area contributed by atoms with Gasteiger partial charge in [-0.1, -0.05) is 43.9 Å². The van der Waals surface area contributed by atoms with E-state index >= 15 is 0 Å². The van der Waals surface area contributed by atoms with Gasteiger partial charge in [0.05, 0.1) is 18.8 Å². The summed E-state index contributed by atoms with van der Waals surface area (Å²) in [5, 5.41) is 14.9. The molecule has 172 valence electrons. The van der Waals surface area contributed by atoms with E-state index < -0.39 is 5.97 Å². The highest BCUT2D eigenvalue weighted by molar-refractivity contribution is 5.92. The van der Waals surface area contributed by atoms with Crippen molar-refractivity contribution in [3.8, 4) is 0 Å². The van der Waals surface area contributed by atoms with Gasteiger partial charge in [0.25, 0.3) is 0 Å². The lowest BCUT2D eigenvalue weighted by Crippen LogP contribution is -2.29. The van der Waals surface area contributed by atoms with Gasteiger partial charge in [-0.15, -0.1) is 0 Å². The zero-order chi connectivity index (χ0) is 21.9. The average Bonchev–Trinajstić information content (AvgIpc) is 3.35. The number of carbonyl (C=O) groups excluding carboxylic acids is 1. The predicted octanol–water partition coefficient (Wildman–Crippen LogP) is 4.60. The number of unbranched alkanes of at least 4 members (excludes halogenated alkanes) is 4. The first-order valence-corrected chi connectivity index (χ1v) is 12.1. The van der Waals surface area contributed by atoms with Crippen LogP contribution in [0.25, 0.3) is 0 Å². The number of nitrogens with one attached hydrogen (secondary N) is 2. The molecule has 3 rings (SSSR count). The molecule has 1 aromatic rings. The number of carboxylic acid groups (broad SMARTS) is 1. The quantitative estimate of drug-likeness (QED) is 0.354. The summed E-state index contributed by atoms with van der Waals surface area (Å²) in [4.78, 5) is 22.6. The number of para-hydroxylation sites is 1. The molecule has 0 saturated carbocycles. The van der Waals surface area contributed by atoms with E-state index in [2.05, 4.69) is 10.6 Å². The van der Waals surface area contributed by atoms with Gasteiger partial charge >= 0.3 is 5.97 Å². The number of hydrogen-bond donors (Lipinski definition) is 3. The van der Waals surface area contributed by atoms with E-state index in [1.54, 1.807) is 0 Å². The lowest BCUT2D eigenvalue weighted by Gasteiger charge is -2.28. The van der Waals surface area contributed by atoms with Crippen molar-refractivity contribution >= 4 is 17.6 Å². The molecule has 31 heavy (non-hydrogen) atoms. The second-order valence-corrected chi connectivity index (χ2v) is 9.05. The van der Waals surface area contributed by atoms with Crippen molar-refractivity contribution in [2.24, 2.45) is 11.8 Å². The van der Waals surface area contributed by atoms with Gasteiger partial charge in [-0.2, -0.15) is 0 Å². The lowest BCUT2D eigenvalue weighted by atomic mass is 9.74. The molecule has 2 bridgehead atoms. The van der Waals surface area contributed by atoms with Crippen molar-refractivity contribution in [1.82, 2.24) is 5.32 Å². The molecule has 0 spiro atoms. The van der Waals surface area contributed by atoms with Crippen LogP contribution in [0.2, 0.25) is 0 Å². The zero-order valence-electron chi connectivity index (χ0n) is 18.6. The standard InChI is InChI=1S/C25H38N2O4/c28-24(27-19-10-4-3-5-11-19)18-26-17-9-8-13-21-20(22-15-16-23(21)31-22)12-6-1-2-7-14-25(29)30/h3-5,10-11,20-23,26H,1-2,6-9,12-18H2,(H,27,28)(H,29,30)/t20-,21-,22+,23-/m0/s1. The molecule has 0 aromatic heterocycles. The normalized spacial score (nSPS) is 24.4. The molecule has 1 aromatic carbocycles. The van der Waals surface area contributed by atoms with Gasteiger partial charge in [0.1, 0.15) is 0 Å². The Balaban J connectivity index is 1.25. The van der Waals surface area contributed by atoms with E-state index in [0.717, 1.165) is 37.9 Å². The van der Waals surface area contributed by atoms with Crippen LogP contribution in [-0.2, 0) is 14.3 Å². The zero-order valence-corrected chi connectivity index (χ0v) is 18.6. The third-order valence-corrected chi connectivity index (χ3v) is 6.75. The Labute approximate surface area is 186 Å². The number of rotatable bonds is 15. The molecule has 6 heteroatoms. The summed E-state index contributed by atoms with van der Waals surface area (Å²) in [5.41, 5.74) is 0.832. The number of carbonyl (C=O) groups is 2. The number of fused-ring (bicyclic) bond motifs is 2. The highest BCUT2D eigenvalue weighted by Crippen LogP contribution is 2.47. The minimum atomic E-state index is -0.687. The summed E-state index contributed by atoms with van der Waals surface area (Å²) in [6, 6.07) is 9.54. The highest BCUT2D eigenvalue weighted by atomic mass is 16.5. The summed E-state index contributed by atoms with van der Waals surface area (Å²) in [5.74, 6) is 0.672. The molecule has 2 aliphatic heterocycles. The topological polar surface area (TPSA) is 87.7 Å². The van der Waals surface area contributed by atoms with Crippen LogP contribution in [0.15, 0.2) is 30.3 Å². The summed E-state index contributed by atoms with van der Waals surface area (Å²) >= 11 is 0. The maximum atomic E-state index is 12.0. The Morgan fingerprint density at radius 2 is 1.55 bits per heavy atom. The Kier molecular flexibility index (Phi) is 9.82. The minimum absolute atomic E-state index is 0.00359. The maximum Gasteiger partial charge on any atom is 0.303 e. The van der Waals surface area contributed by atoms with Crippen LogP contribution < -0.4 is 10.6 Å². The number of benzene rings is 1. The number of aliphatic carboxylic acids is 1. The largest absolute Gasteiger partial charge is 0.481 e. The molecule has 0 unspecified atom stereocenters. The monoisotopic (exact) mass is 430 g/mol. The van der Waals surface area contributed by atoms with Crippen LogP contribution in [-0.4, -0.2) is 42.3 Å². The van der Waals surface area contributed by atoms with E-state index in [-0.39, 0.29) is 5.91 Å². The molecule has 2 heterocycles. The third kappa shape index (κ3) is 7.93. The summed E-state index contributed by atoms with van der Waals surface area (Å²) in [6.45, 7) is 1.20. The molecular formula is C25H38N2O4. The molecule has 2 fully saturated rings. The molecule has 0 aliphatic carbocycles. The molecule has 6 nitrogen and oxygen atoms in total. The van der Waals surface area contributed by atoms with Crippen LogP contribution in [0.4, 0.5) is 5.69 Å². The van der Waals surface area contributed by atoms with Crippen molar-refractivity contribution < 1.29 is 19.4 Å². The van der Waals surface area contributed by atoms with Crippen LogP contribution in [0.3, 0.4) is 0 Å². The van der Waals surface area contributed by atoms with E-state index in [9.17, 15) is 9.59 Å². The van der Waals surface area contributed by atoms with Crippen LogP contribution in [0.1, 0.15) is 70.6 Å². The predicted molar refractivity (Wildman–Crippen MR) is 122 cm³/mol. The van der Waals surface area contributed by atoms with E-state index in [1.807, 2.05) is 30.3 Å². The molecule has 2 aliphatic rings. The summed E-state index contributed by atoms with van der Waals surface area (Å²) < 4.78 is 6.23. The maximum absolute atomic E-state index is 12.0. The van der Waals surface area contributed by atoms with Crippen LogP contribution in [0.5, 0.6) is 0 Å². The molecule has 4 atom stereocenters. The first-order valence-electron chi connectivity index (χ1n) is 12.1. The second-order valence-electron chi connectivity index (χ2n) is 9.05. The third-order valence-electron chi connectivity index (χ3n) is 6.75. The molecule has 3 N–H and O–H groups in total. The van der Waals surface area contributed by atoms with Crippen molar-refractivity contribution in [3.63, 3.8) is 0 Å². The van der Waals surface area contributed by atoms with Crippen molar-refractivity contribution in [3.05, 3.63) is 30.3 Å². The van der Waals surface area contributed by atoms with Crippen LogP contribution in [0, 0.1) is 11.8 Å². The van der Waals surface area contributed by atoms with Gasteiger partial charge in [-0.25, -0.2) is 0 Å². The molecule has 1 amide bonds. The van der Waals surface area contributed by atoms with Crippen LogP contribution >= 0.6 is 0 Å². The Hall–Kier alpha value is -1.92. The first-order chi connectivity index (χ1) is 15.1. The number of carboxylic acids is 1. The second kappa shape index (κ2) is 12.8. The van der Waals surface area contributed by atoms with Gasteiger partial charge in [-0.3, -0.25) is 9.59 Å². The van der Waals surface area contributed by atoms with Crippen molar-refractivity contribution in [2.45, 2.75) is 82.8 Å². The summed E-state index contributed by atoms with van der Waals surface area (Å²) in [6.07, 6.45) is 12.4. The molecule has 0 radical (unpaired) electrons.